The number of nitrogens with zero attached hydrogens (tertiary/aromatic N) is 4. The molecular weight excluding hydrogens is 391 g/mol. The number of aromatic nitrogens is 2. The molecule has 0 saturated carbocycles. The van der Waals surface area contributed by atoms with Crippen molar-refractivity contribution in [2.45, 2.75) is 31.4 Å². The maximum atomic E-state index is 12.4. The van der Waals surface area contributed by atoms with E-state index in [2.05, 4.69) is 15.3 Å². The third kappa shape index (κ3) is 4.55. The van der Waals surface area contributed by atoms with E-state index in [1.165, 1.54) is 6.20 Å². The highest BCUT2D eigenvalue weighted by Gasteiger charge is 2.39. The summed E-state index contributed by atoms with van der Waals surface area (Å²) >= 11 is 0. The van der Waals surface area contributed by atoms with Gasteiger partial charge in [0.05, 0.1) is 31.1 Å². The molecule has 3 atom stereocenters. The molecule has 11 heteroatoms. The summed E-state index contributed by atoms with van der Waals surface area (Å²) in [6.07, 6.45) is -5.86. The quantitative estimate of drug-likeness (QED) is 0.779. The second-order valence-corrected chi connectivity index (χ2v) is 6.65. The number of rotatable bonds is 4. The van der Waals surface area contributed by atoms with E-state index in [9.17, 15) is 23.2 Å². The van der Waals surface area contributed by atoms with E-state index in [-0.39, 0.29) is 12.2 Å². The zero-order valence-electron chi connectivity index (χ0n) is 15.3. The molecular formula is C18H18F3N5O3. The van der Waals surface area contributed by atoms with Crippen LogP contribution in [0.3, 0.4) is 0 Å². The average molecular weight is 409 g/mol. The van der Waals surface area contributed by atoms with Crippen LogP contribution in [0.5, 0.6) is 0 Å². The van der Waals surface area contributed by atoms with Crippen molar-refractivity contribution >= 4 is 22.5 Å². The molecule has 0 bridgehead atoms. The minimum atomic E-state index is -4.82. The Hall–Kier alpha value is -2.97. The topological polar surface area (TPSA) is 111 Å². The van der Waals surface area contributed by atoms with Gasteiger partial charge in [-0.1, -0.05) is 0 Å². The van der Waals surface area contributed by atoms with Crippen LogP contribution in [0, 0.1) is 11.3 Å². The summed E-state index contributed by atoms with van der Waals surface area (Å²) in [7, 11) is 0. The van der Waals surface area contributed by atoms with Crippen molar-refractivity contribution in [2.24, 2.45) is 0 Å². The number of carbonyl (C=O) groups is 1. The van der Waals surface area contributed by atoms with Crippen molar-refractivity contribution < 1.29 is 27.8 Å². The van der Waals surface area contributed by atoms with Crippen LogP contribution in [0.15, 0.2) is 24.5 Å². The highest BCUT2D eigenvalue weighted by atomic mass is 19.4. The molecule has 1 aliphatic heterocycles. The average Bonchev–Trinajstić information content (AvgIpc) is 2.69. The lowest BCUT2D eigenvalue weighted by atomic mass is 10.1. The van der Waals surface area contributed by atoms with Crippen LogP contribution in [0.4, 0.5) is 18.9 Å². The highest BCUT2D eigenvalue weighted by molar-refractivity contribution is 5.94. The highest BCUT2D eigenvalue weighted by Crippen LogP contribution is 2.29. The lowest BCUT2D eigenvalue weighted by molar-refractivity contribution is -0.202. The monoisotopic (exact) mass is 409 g/mol. The molecule has 2 N–H and O–H groups in total. The van der Waals surface area contributed by atoms with Gasteiger partial charge >= 0.3 is 6.18 Å². The van der Waals surface area contributed by atoms with Crippen molar-refractivity contribution in [3.8, 4) is 6.07 Å². The van der Waals surface area contributed by atoms with Gasteiger partial charge in [-0.25, -0.2) is 4.98 Å². The molecule has 0 aliphatic carbocycles. The van der Waals surface area contributed by atoms with Crippen molar-refractivity contribution in [3.05, 3.63) is 30.2 Å². The van der Waals surface area contributed by atoms with Gasteiger partial charge in [0.1, 0.15) is 11.6 Å². The molecule has 2 aromatic rings. The molecule has 1 unspecified atom stereocenters. The first kappa shape index (κ1) is 20.8. The third-order valence-corrected chi connectivity index (χ3v) is 4.47. The van der Waals surface area contributed by atoms with Gasteiger partial charge in [-0.2, -0.15) is 18.4 Å². The second-order valence-electron chi connectivity index (χ2n) is 6.65. The largest absolute Gasteiger partial charge is 0.416 e. The second kappa shape index (κ2) is 8.18. The van der Waals surface area contributed by atoms with Crippen molar-refractivity contribution in [1.82, 2.24) is 15.3 Å². The Morgan fingerprint density at radius 1 is 1.48 bits per heavy atom. The summed E-state index contributed by atoms with van der Waals surface area (Å²) in [4.78, 5) is 22.4. The zero-order valence-corrected chi connectivity index (χ0v) is 15.3. The standard InChI is InChI=1S/C18H18F3N5O3/c1-10-8-26(9-14(29-10)17(28)25-7-15(27)18(19,20)21)13-6-24-12(5-22)16-11(13)3-2-4-23-16/h2-4,6,10,14-15,27H,7-9H2,1H3,(H,25,28)/t10-,14-,15?/m1/s1. The van der Waals surface area contributed by atoms with Gasteiger partial charge in [-0.05, 0) is 19.1 Å². The third-order valence-electron chi connectivity index (χ3n) is 4.47. The number of morpholine rings is 1. The number of nitrogens with one attached hydrogen (secondary N) is 1. The molecule has 1 amide bonds. The Labute approximate surface area is 163 Å². The first-order valence-corrected chi connectivity index (χ1v) is 8.77. The Balaban J connectivity index is 1.80. The summed E-state index contributed by atoms with van der Waals surface area (Å²) in [6, 6.07) is 5.46. The molecule has 8 nitrogen and oxygen atoms in total. The number of carbonyl (C=O) groups excluding carboxylic acids is 1. The minimum absolute atomic E-state index is 0.0653. The van der Waals surface area contributed by atoms with E-state index in [1.54, 1.807) is 25.3 Å². The number of aliphatic hydroxyl groups is 1. The normalized spacial score (nSPS) is 20.9. The van der Waals surface area contributed by atoms with Gasteiger partial charge in [-0.3, -0.25) is 9.78 Å². The van der Waals surface area contributed by atoms with Crippen molar-refractivity contribution in [1.29, 1.82) is 5.26 Å². The molecule has 1 fully saturated rings. The van der Waals surface area contributed by atoms with Crippen LogP contribution < -0.4 is 10.2 Å². The SMILES string of the molecule is C[C@@H]1CN(c2cnc(C#N)c3ncccc23)C[C@H](C(=O)NCC(O)C(F)(F)F)O1. The first-order valence-electron chi connectivity index (χ1n) is 8.77. The first-order chi connectivity index (χ1) is 13.7. The van der Waals surface area contributed by atoms with E-state index in [4.69, 9.17) is 9.84 Å². The van der Waals surface area contributed by atoms with Crippen LogP contribution in [0.1, 0.15) is 12.6 Å². The molecule has 0 radical (unpaired) electrons. The van der Waals surface area contributed by atoms with Gasteiger partial charge < -0.3 is 20.1 Å². The maximum Gasteiger partial charge on any atom is 0.416 e. The van der Waals surface area contributed by atoms with Crippen LogP contribution in [-0.4, -0.2) is 65.1 Å². The maximum absolute atomic E-state index is 12.4. The Bertz CT molecular complexity index is 946. The molecule has 29 heavy (non-hydrogen) atoms. The molecule has 154 valence electrons. The summed E-state index contributed by atoms with van der Waals surface area (Å²) in [5, 5.41) is 21.0. The van der Waals surface area contributed by atoms with E-state index in [0.29, 0.717) is 23.1 Å². The lowest BCUT2D eigenvalue weighted by Gasteiger charge is -2.37. The number of aliphatic hydroxyl groups excluding tert-OH is 1. The van der Waals surface area contributed by atoms with Crippen molar-refractivity contribution in [3.63, 3.8) is 0 Å². The van der Waals surface area contributed by atoms with E-state index in [1.807, 2.05) is 11.0 Å². The van der Waals surface area contributed by atoms with Crippen LogP contribution in [0.2, 0.25) is 0 Å². The number of nitriles is 1. The van der Waals surface area contributed by atoms with Gasteiger partial charge in [0.2, 0.25) is 0 Å². The van der Waals surface area contributed by atoms with Gasteiger partial charge in [0.15, 0.2) is 17.9 Å². The lowest BCUT2D eigenvalue weighted by Crippen LogP contribution is -2.54. The Morgan fingerprint density at radius 3 is 2.93 bits per heavy atom. The molecule has 2 aromatic heterocycles. The predicted molar refractivity (Wildman–Crippen MR) is 95.9 cm³/mol. The number of hydrogen-bond acceptors (Lipinski definition) is 7. The molecule has 0 aromatic carbocycles. The number of halogens is 3. The Kier molecular flexibility index (Phi) is 5.86. The number of alkyl halides is 3. The molecule has 3 rings (SSSR count). The van der Waals surface area contributed by atoms with E-state index < -0.39 is 36.9 Å². The molecule has 1 saturated heterocycles. The number of anilines is 1. The summed E-state index contributed by atoms with van der Waals surface area (Å²) in [6.45, 7) is 1.25. The number of pyridine rings is 2. The fraction of sp³-hybridized carbons (Fsp3) is 0.444. The number of ether oxygens (including phenoxy) is 1. The number of hydrogen-bond donors (Lipinski definition) is 2. The van der Waals surface area contributed by atoms with Gasteiger partial charge in [0, 0.05) is 18.1 Å². The molecule has 3 heterocycles. The van der Waals surface area contributed by atoms with Gasteiger partial charge in [-0.15, -0.1) is 0 Å². The minimum Gasteiger partial charge on any atom is -0.382 e. The summed E-state index contributed by atoms with van der Waals surface area (Å²) < 4.78 is 42.8. The number of amides is 1. The zero-order chi connectivity index (χ0) is 21.2. The van der Waals surface area contributed by atoms with Crippen LogP contribution in [-0.2, 0) is 9.53 Å². The van der Waals surface area contributed by atoms with Crippen LogP contribution >= 0.6 is 0 Å². The van der Waals surface area contributed by atoms with Crippen molar-refractivity contribution in [2.75, 3.05) is 24.5 Å². The van der Waals surface area contributed by atoms with Gasteiger partial charge in [0.25, 0.3) is 5.91 Å². The fourth-order valence-corrected chi connectivity index (χ4v) is 3.11. The van der Waals surface area contributed by atoms with E-state index >= 15 is 0 Å². The predicted octanol–water partition coefficient (Wildman–Crippen LogP) is 1.13. The summed E-state index contributed by atoms with van der Waals surface area (Å²) in [5.74, 6) is -0.756. The molecule has 1 aliphatic rings. The Morgan fingerprint density at radius 2 is 2.24 bits per heavy atom. The summed E-state index contributed by atoms with van der Waals surface area (Å²) in [5.41, 5.74) is 1.22. The number of fused-ring (bicyclic) bond motifs is 1. The smallest absolute Gasteiger partial charge is 0.382 e. The fourth-order valence-electron chi connectivity index (χ4n) is 3.11. The van der Waals surface area contributed by atoms with E-state index in [0.717, 1.165) is 0 Å². The van der Waals surface area contributed by atoms with Crippen LogP contribution in [0.25, 0.3) is 10.9 Å². The molecule has 0 spiro atoms.